The van der Waals surface area contributed by atoms with Crippen molar-refractivity contribution in [2.24, 2.45) is 56.7 Å². The highest BCUT2D eigenvalue weighted by Crippen LogP contribution is 2.77. The van der Waals surface area contributed by atoms with Crippen LogP contribution < -0.4 is 0 Å². The van der Waals surface area contributed by atoms with Gasteiger partial charge < -0.3 is 9.84 Å². The molecule has 0 aromatic rings. The second kappa shape index (κ2) is 7.96. The lowest BCUT2D eigenvalue weighted by Crippen LogP contribution is -2.67. The van der Waals surface area contributed by atoms with Crippen LogP contribution in [0.4, 0.5) is 0 Å². The van der Waals surface area contributed by atoms with E-state index in [9.17, 15) is 14.7 Å². The largest absolute Gasteiger partial charge is 0.515 e. The Morgan fingerprint density at radius 2 is 1.67 bits per heavy atom. The molecule has 4 heteroatoms. The number of fused-ring (bicyclic) bond motifs is 7. The minimum atomic E-state index is -0.455. The lowest BCUT2D eigenvalue weighted by atomic mass is 9.32. The van der Waals surface area contributed by atoms with E-state index in [-0.39, 0.29) is 33.4 Å². The highest BCUT2D eigenvalue weighted by molar-refractivity contribution is 6.00. The first-order valence-corrected chi connectivity index (χ1v) is 14.4. The molecule has 5 saturated carbocycles. The molecule has 0 radical (unpaired) electrons. The molecular weight excluding hydrogens is 448 g/mol. The fourth-order valence-corrected chi connectivity index (χ4v) is 11.7. The zero-order valence-electron chi connectivity index (χ0n) is 23.7. The third-order valence-electron chi connectivity index (χ3n) is 13.4. The maximum atomic E-state index is 13.4. The van der Waals surface area contributed by atoms with Crippen molar-refractivity contribution >= 4 is 11.8 Å². The van der Waals surface area contributed by atoms with Crippen LogP contribution in [0.1, 0.15) is 99.3 Å². The van der Waals surface area contributed by atoms with Gasteiger partial charge in [-0.05, 0) is 111 Å². The number of aliphatic hydroxyl groups is 1. The molecule has 0 aliphatic heterocycles. The Labute approximate surface area is 218 Å². The number of allylic oxidation sites excluding steroid dienone is 2. The summed E-state index contributed by atoms with van der Waals surface area (Å²) in [6.45, 7) is 18.3. The standard InChI is InChI=1S/C32H48O4/c1-19(2)21-11-14-32(27(35)36-8)16-15-30(6)22(25(21)32)9-10-24-29(5)17-20(18-33)26(34)28(3,4)23(29)12-13-31(24,30)7/h18,21-25,33H,1,9-17H2,2-8H3/b20-18-/t21-,22-,23-,24-,25-,29-,30+,31+,32-/m0/s1. The maximum Gasteiger partial charge on any atom is 0.312 e. The van der Waals surface area contributed by atoms with E-state index in [1.54, 1.807) is 7.11 Å². The summed E-state index contributed by atoms with van der Waals surface area (Å²) in [6, 6.07) is 0. The number of esters is 1. The molecule has 5 aliphatic rings. The third kappa shape index (κ3) is 2.94. The average Bonchev–Trinajstić information content (AvgIpc) is 3.22. The first-order valence-electron chi connectivity index (χ1n) is 14.4. The Morgan fingerprint density at radius 3 is 2.28 bits per heavy atom. The quantitative estimate of drug-likeness (QED) is 0.187. The second-order valence-corrected chi connectivity index (χ2v) is 14.7. The molecule has 5 fully saturated rings. The van der Waals surface area contributed by atoms with Crippen LogP contribution in [0.25, 0.3) is 0 Å². The number of rotatable bonds is 2. The number of Topliss-reactive ketones (excluding diaryl/α,β-unsaturated/α-hetero) is 1. The Bertz CT molecular complexity index is 1020. The molecule has 0 bridgehead atoms. The predicted molar refractivity (Wildman–Crippen MR) is 142 cm³/mol. The van der Waals surface area contributed by atoms with Gasteiger partial charge in [0, 0.05) is 11.0 Å². The van der Waals surface area contributed by atoms with Crippen LogP contribution in [0, 0.1) is 56.7 Å². The van der Waals surface area contributed by atoms with E-state index in [0.717, 1.165) is 57.6 Å². The van der Waals surface area contributed by atoms with Gasteiger partial charge >= 0.3 is 5.97 Å². The van der Waals surface area contributed by atoms with Crippen LogP contribution in [0.2, 0.25) is 0 Å². The summed E-state index contributed by atoms with van der Waals surface area (Å²) in [5.74, 6) is 2.12. The molecule has 4 nitrogen and oxygen atoms in total. The van der Waals surface area contributed by atoms with Gasteiger partial charge in [-0.2, -0.15) is 0 Å². The van der Waals surface area contributed by atoms with Gasteiger partial charge in [0.15, 0.2) is 5.78 Å². The van der Waals surface area contributed by atoms with E-state index in [1.807, 2.05) is 0 Å². The van der Waals surface area contributed by atoms with Crippen LogP contribution in [0.3, 0.4) is 0 Å². The van der Waals surface area contributed by atoms with Crippen LogP contribution in [-0.2, 0) is 14.3 Å². The average molecular weight is 497 g/mol. The molecule has 36 heavy (non-hydrogen) atoms. The van der Waals surface area contributed by atoms with E-state index in [4.69, 9.17) is 4.74 Å². The van der Waals surface area contributed by atoms with E-state index < -0.39 is 5.41 Å². The summed E-state index contributed by atoms with van der Waals surface area (Å²) in [4.78, 5) is 26.7. The highest BCUT2D eigenvalue weighted by Gasteiger charge is 2.72. The second-order valence-electron chi connectivity index (χ2n) is 14.7. The molecule has 0 aromatic heterocycles. The molecule has 5 aliphatic carbocycles. The van der Waals surface area contributed by atoms with Gasteiger partial charge in [0.1, 0.15) is 0 Å². The number of hydrogen-bond acceptors (Lipinski definition) is 4. The summed E-state index contributed by atoms with van der Waals surface area (Å²) >= 11 is 0. The van der Waals surface area contributed by atoms with Crippen molar-refractivity contribution in [1.82, 2.24) is 0 Å². The summed E-state index contributed by atoms with van der Waals surface area (Å²) in [7, 11) is 1.56. The molecule has 0 aromatic carbocycles. The fourth-order valence-electron chi connectivity index (χ4n) is 11.7. The van der Waals surface area contributed by atoms with Crippen molar-refractivity contribution in [2.45, 2.75) is 99.3 Å². The van der Waals surface area contributed by atoms with Crippen LogP contribution in [0.5, 0.6) is 0 Å². The summed E-state index contributed by atoms with van der Waals surface area (Å²) in [6.07, 6.45) is 10.2. The number of methoxy groups -OCH3 is 1. The zero-order chi connectivity index (χ0) is 26.5. The van der Waals surface area contributed by atoms with Crippen LogP contribution in [0.15, 0.2) is 24.0 Å². The van der Waals surface area contributed by atoms with Gasteiger partial charge in [-0.3, -0.25) is 9.59 Å². The molecule has 0 spiro atoms. The third-order valence-corrected chi connectivity index (χ3v) is 13.4. The fraction of sp³-hybridized carbons (Fsp3) is 0.812. The van der Waals surface area contributed by atoms with E-state index >= 15 is 0 Å². The molecule has 0 amide bonds. The van der Waals surface area contributed by atoms with Gasteiger partial charge in [-0.25, -0.2) is 0 Å². The molecule has 0 saturated heterocycles. The Hall–Kier alpha value is -1.58. The SMILES string of the molecule is C=C(C)[C@@H]1CC[C@]2(C(=O)OC)CC[C@]3(C)[C@@H](CC[C@H]4[C@@]5(C)C/C(=C/O)C(=O)C(C)(C)[C@@H]5CC[C@]43C)[C@H]12. The minimum Gasteiger partial charge on any atom is -0.515 e. The smallest absolute Gasteiger partial charge is 0.312 e. The summed E-state index contributed by atoms with van der Waals surface area (Å²) < 4.78 is 5.48. The van der Waals surface area contributed by atoms with E-state index in [0.29, 0.717) is 41.6 Å². The number of carbonyl (C=O) groups excluding carboxylic acids is 2. The van der Waals surface area contributed by atoms with Crippen molar-refractivity contribution < 1.29 is 19.4 Å². The van der Waals surface area contributed by atoms with Gasteiger partial charge in [-0.1, -0.05) is 46.8 Å². The van der Waals surface area contributed by atoms with E-state index in [2.05, 4.69) is 48.1 Å². The van der Waals surface area contributed by atoms with Crippen molar-refractivity contribution in [3.63, 3.8) is 0 Å². The van der Waals surface area contributed by atoms with Gasteiger partial charge in [0.05, 0.1) is 18.8 Å². The number of carbonyl (C=O) groups is 2. The van der Waals surface area contributed by atoms with E-state index in [1.165, 1.54) is 5.57 Å². The maximum absolute atomic E-state index is 13.4. The van der Waals surface area contributed by atoms with Crippen molar-refractivity contribution in [2.75, 3.05) is 7.11 Å². The number of ketones is 1. The molecule has 0 unspecified atom stereocenters. The first kappa shape index (κ1) is 26.0. The normalized spacial score (nSPS) is 50.5. The monoisotopic (exact) mass is 496 g/mol. The Kier molecular flexibility index (Phi) is 5.76. The number of aliphatic hydroxyl groups excluding tert-OH is 1. The summed E-state index contributed by atoms with van der Waals surface area (Å²) in [5, 5.41) is 10.0. The topological polar surface area (TPSA) is 63.6 Å². The molecule has 200 valence electrons. The molecule has 1 N–H and O–H groups in total. The van der Waals surface area contributed by atoms with Crippen LogP contribution >= 0.6 is 0 Å². The van der Waals surface area contributed by atoms with Crippen molar-refractivity contribution in [1.29, 1.82) is 0 Å². The Balaban J connectivity index is 1.59. The van der Waals surface area contributed by atoms with Gasteiger partial charge in [0.2, 0.25) is 0 Å². The summed E-state index contributed by atoms with van der Waals surface area (Å²) in [5.41, 5.74) is 1.25. The minimum absolute atomic E-state index is 0.00603. The lowest BCUT2D eigenvalue weighted by Gasteiger charge is -2.72. The Morgan fingerprint density at radius 1 is 0.972 bits per heavy atom. The van der Waals surface area contributed by atoms with Crippen LogP contribution in [-0.4, -0.2) is 24.0 Å². The molecular formula is C32H48O4. The lowest BCUT2D eigenvalue weighted by molar-refractivity contribution is -0.232. The number of ether oxygens (including phenoxy) is 1. The molecule has 9 atom stereocenters. The molecule has 5 rings (SSSR count). The van der Waals surface area contributed by atoms with Gasteiger partial charge in [0.25, 0.3) is 0 Å². The van der Waals surface area contributed by atoms with Crippen molar-refractivity contribution in [3.8, 4) is 0 Å². The highest BCUT2D eigenvalue weighted by atomic mass is 16.5. The van der Waals surface area contributed by atoms with Gasteiger partial charge in [-0.15, -0.1) is 0 Å². The van der Waals surface area contributed by atoms with Crippen molar-refractivity contribution in [3.05, 3.63) is 24.0 Å². The number of hydrogen-bond donors (Lipinski definition) is 1. The molecule has 0 heterocycles. The predicted octanol–water partition coefficient (Wildman–Crippen LogP) is 7.44. The first-order chi connectivity index (χ1) is 16.7. The zero-order valence-corrected chi connectivity index (χ0v) is 23.7.